The minimum Gasteiger partial charge on any atom is -0.377 e. The average Bonchev–Trinajstić information content (AvgIpc) is 2.18. The molecule has 5 heteroatoms. The molecule has 2 N–H and O–H groups in total. The lowest BCUT2D eigenvalue weighted by Crippen LogP contribution is -2.48. The van der Waals surface area contributed by atoms with Crippen LogP contribution in [-0.2, 0) is 14.3 Å². The lowest BCUT2D eigenvalue weighted by molar-refractivity contribution is -0.143. The molecule has 0 bridgehead atoms. The zero-order chi connectivity index (χ0) is 10.4. The monoisotopic (exact) mass is 202 g/mol. The zero-order valence-electron chi connectivity index (χ0n) is 8.57. The maximum atomic E-state index is 11.6. The molecular formula is C9H18N2O3. The molecule has 1 fully saturated rings. The van der Waals surface area contributed by atoms with Gasteiger partial charge < -0.3 is 20.1 Å². The topological polar surface area (TPSA) is 64.8 Å². The first-order valence-corrected chi connectivity index (χ1v) is 4.90. The van der Waals surface area contributed by atoms with Gasteiger partial charge in [-0.1, -0.05) is 0 Å². The van der Waals surface area contributed by atoms with E-state index in [1.54, 1.807) is 4.90 Å². The van der Waals surface area contributed by atoms with Crippen molar-refractivity contribution in [3.63, 3.8) is 0 Å². The summed E-state index contributed by atoms with van der Waals surface area (Å²) in [6.45, 7) is 4.87. The van der Waals surface area contributed by atoms with Crippen LogP contribution < -0.4 is 5.73 Å². The highest BCUT2D eigenvalue weighted by atomic mass is 16.5. The fraction of sp³-hybridized carbons (Fsp3) is 0.889. The lowest BCUT2D eigenvalue weighted by atomic mass is 10.2. The second-order valence-corrected chi connectivity index (χ2v) is 3.35. The molecule has 1 unspecified atom stereocenters. The van der Waals surface area contributed by atoms with Crippen LogP contribution in [0.15, 0.2) is 0 Å². The molecule has 1 aliphatic rings. The van der Waals surface area contributed by atoms with E-state index in [1.165, 1.54) is 0 Å². The number of nitrogens with zero attached hydrogens (tertiary/aromatic N) is 1. The van der Waals surface area contributed by atoms with Crippen LogP contribution in [0.2, 0.25) is 0 Å². The van der Waals surface area contributed by atoms with E-state index in [1.807, 2.05) is 6.92 Å². The Morgan fingerprint density at radius 3 is 3.14 bits per heavy atom. The van der Waals surface area contributed by atoms with E-state index in [0.29, 0.717) is 32.9 Å². The maximum Gasteiger partial charge on any atom is 0.248 e. The average molecular weight is 202 g/mol. The first-order valence-electron chi connectivity index (χ1n) is 4.90. The van der Waals surface area contributed by atoms with Crippen LogP contribution in [0.1, 0.15) is 6.92 Å². The fourth-order valence-corrected chi connectivity index (χ4v) is 1.42. The minimum atomic E-state index is 0.0225. The summed E-state index contributed by atoms with van der Waals surface area (Å²) in [6, 6.07) is 0.151. The number of carbonyl (C=O) groups is 1. The van der Waals surface area contributed by atoms with Gasteiger partial charge in [-0.2, -0.15) is 0 Å². The standard InChI is InChI=1S/C9H18N2O3/c1-8-6-14-5-3-11(8)9(12)7-13-4-2-10/h8H,2-7,10H2,1H3. The van der Waals surface area contributed by atoms with Gasteiger partial charge in [0.1, 0.15) is 6.61 Å². The molecular weight excluding hydrogens is 184 g/mol. The molecule has 1 rings (SSSR count). The van der Waals surface area contributed by atoms with Crippen LogP contribution in [0.4, 0.5) is 0 Å². The quantitative estimate of drug-likeness (QED) is 0.607. The lowest BCUT2D eigenvalue weighted by Gasteiger charge is -2.33. The normalized spacial score (nSPS) is 22.4. The summed E-state index contributed by atoms with van der Waals surface area (Å²) in [5.74, 6) is 0.0225. The minimum absolute atomic E-state index is 0.0225. The number of nitrogens with two attached hydrogens (primary N) is 1. The van der Waals surface area contributed by atoms with Crippen LogP contribution >= 0.6 is 0 Å². The molecule has 0 radical (unpaired) electrons. The van der Waals surface area contributed by atoms with E-state index in [0.717, 1.165) is 0 Å². The highest BCUT2D eigenvalue weighted by molar-refractivity contribution is 5.77. The third-order valence-corrected chi connectivity index (χ3v) is 2.18. The SMILES string of the molecule is CC1COCCN1C(=O)COCCN. The number of carbonyl (C=O) groups excluding carboxylic acids is 1. The molecule has 5 nitrogen and oxygen atoms in total. The second-order valence-electron chi connectivity index (χ2n) is 3.35. The molecule has 0 aromatic rings. The highest BCUT2D eigenvalue weighted by Gasteiger charge is 2.23. The van der Waals surface area contributed by atoms with Crippen molar-refractivity contribution in [1.82, 2.24) is 4.90 Å². The van der Waals surface area contributed by atoms with Gasteiger partial charge in [-0.25, -0.2) is 0 Å². The van der Waals surface area contributed by atoms with E-state index in [9.17, 15) is 4.79 Å². The molecule has 82 valence electrons. The first kappa shape index (κ1) is 11.4. The molecule has 0 saturated carbocycles. The van der Waals surface area contributed by atoms with Gasteiger partial charge in [-0.05, 0) is 6.92 Å². The number of amides is 1. The van der Waals surface area contributed by atoms with Gasteiger partial charge in [-0.15, -0.1) is 0 Å². The van der Waals surface area contributed by atoms with Crippen molar-refractivity contribution in [2.75, 3.05) is 39.5 Å². The summed E-state index contributed by atoms with van der Waals surface area (Å²) in [4.78, 5) is 13.4. The summed E-state index contributed by atoms with van der Waals surface area (Å²) in [5.41, 5.74) is 5.25. The molecule has 1 atom stereocenters. The molecule has 0 spiro atoms. The third-order valence-electron chi connectivity index (χ3n) is 2.18. The van der Waals surface area contributed by atoms with Gasteiger partial charge >= 0.3 is 0 Å². The summed E-state index contributed by atoms with van der Waals surface area (Å²) in [6.07, 6.45) is 0. The number of hydrogen-bond donors (Lipinski definition) is 1. The Morgan fingerprint density at radius 1 is 1.71 bits per heavy atom. The number of morpholine rings is 1. The third kappa shape index (κ3) is 3.25. The summed E-state index contributed by atoms with van der Waals surface area (Å²) in [7, 11) is 0. The summed E-state index contributed by atoms with van der Waals surface area (Å²) >= 11 is 0. The van der Waals surface area contributed by atoms with Crippen LogP contribution in [0.5, 0.6) is 0 Å². The van der Waals surface area contributed by atoms with Crippen molar-refractivity contribution in [2.45, 2.75) is 13.0 Å². The Bertz CT molecular complexity index is 187. The van der Waals surface area contributed by atoms with E-state index < -0.39 is 0 Å². The molecule has 0 aromatic heterocycles. The van der Waals surface area contributed by atoms with Crippen LogP contribution in [0.25, 0.3) is 0 Å². The fourth-order valence-electron chi connectivity index (χ4n) is 1.42. The predicted octanol–water partition coefficient (Wildman–Crippen LogP) is -0.791. The predicted molar refractivity (Wildman–Crippen MR) is 51.9 cm³/mol. The van der Waals surface area contributed by atoms with Crippen molar-refractivity contribution < 1.29 is 14.3 Å². The van der Waals surface area contributed by atoms with Crippen molar-refractivity contribution in [2.24, 2.45) is 5.73 Å². The van der Waals surface area contributed by atoms with Crippen molar-refractivity contribution in [1.29, 1.82) is 0 Å². The molecule has 1 amide bonds. The molecule has 1 heterocycles. The van der Waals surface area contributed by atoms with E-state index in [-0.39, 0.29) is 18.6 Å². The summed E-state index contributed by atoms with van der Waals surface area (Å²) in [5, 5.41) is 0. The van der Waals surface area contributed by atoms with Crippen molar-refractivity contribution in [3.05, 3.63) is 0 Å². The van der Waals surface area contributed by atoms with Gasteiger partial charge in [0.2, 0.25) is 5.91 Å². The largest absolute Gasteiger partial charge is 0.377 e. The summed E-state index contributed by atoms with van der Waals surface area (Å²) < 4.78 is 10.3. The Morgan fingerprint density at radius 2 is 2.50 bits per heavy atom. The Kier molecular flexibility index (Phi) is 4.86. The van der Waals surface area contributed by atoms with Gasteiger partial charge in [0, 0.05) is 13.1 Å². The van der Waals surface area contributed by atoms with Gasteiger partial charge in [-0.3, -0.25) is 4.79 Å². The molecule has 1 aliphatic heterocycles. The number of hydrogen-bond acceptors (Lipinski definition) is 4. The van der Waals surface area contributed by atoms with Gasteiger partial charge in [0.05, 0.1) is 25.9 Å². The van der Waals surface area contributed by atoms with Crippen LogP contribution in [0.3, 0.4) is 0 Å². The van der Waals surface area contributed by atoms with Crippen LogP contribution in [0, 0.1) is 0 Å². The van der Waals surface area contributed by atoms with Crippen molar-refractivity contribution >= 4 is 5.91 Å². The molecule has 0 aromatic carbocycles. The van der Waals surface area contributed by atoms with E-state index >= 15 is 0 Å². The Balaban J connectivity index is 2.27. The molecule has 1 saturated heterocycles. The molecule has 0 aliphatic carbocycles. The van der Waals surface area contributed by atoms with Gasteiger partial charge in [0.25, 0.3) is 0 Å². The van der Waals surface area contributed by atoms with Crippen molar-refractivity contribution in [3.8, 4) is 0 Å². The number of ether oxygens (including phenoxy) is 2. The van der Waals surface area contributed by atoms with E-state index in [2.05, 4.69) is 0 Å². The van der Waals surface area contributed by atoms with Crippen LogP contribution in [-0.4, -0.2) is 56.4 Å². The Hall–Kier alpha value is -0.650. The Labute approximate surface area is 84.1 Å². The second kappa shape index (κ2) is 5.95. The zero-order valence-corrected chi connectivity index (χ0v) is 8.57. The van der Waals surface area contributed by atoms with Gasteiger partial charge in [0.15, 0.2) is 0 Å². The first-order chi connectivity index (χ1) is 6.75. The highest BCUT2D eigenvalue weighted by Crippen LogP contribution is 2.06. The number of rotatable bonds is 4. The smallest absolute Gasteiger partial charge is 0.248 e. The maximum absolute atomic E-state index is 11.6. The van der Waals surface area contributed by atoms with E-state index in [4.69, 9.17) is 15.2 Å². The molecule has 14 heavy (non-hydrogen) atoms.